The van der Waals surface area contributed by atoms with Gasteiger partial charge in [0.25, 0.3) is 0 Å². The molecule has 1 heterocycles. The summed E-state index contributed by atoms with van der Waals surface area (Å²) < 4.78 is 10.7. The first-order valence-electron chi connectivity index (χ1n) is 6.17. The summed E-state index contributed by atoms with van der Waals surface area (Å²) in [5.74, 6) is -0.367. The zero-order chi connectivity index (χ0) is 15.0. The molecule has 2 atom stereocenters. The van der Waals surface area contributed by atoms with E-state index in [1.807, 2.05) is 0 Å². The van der Waals surface area contributed by atoms with Crippen LogP contribution in [0.5, 0.6) is 0 Å². The minimum atomic E-state index is -0.907. The van der Waals surface area contributed by atoms with E-state index in [-0.39, 0.29) is 25.5 Å². The Bertz CT molecular complexity index is 435. The number of hydrogen-bond donors (Lipinski definition) is 1. The van der Waals surface area contributed by atoms with E-state index in [1.54, 1.807) is 6.92 Å². The van der Waals surface area contributed by atoms with E-state index in [1.165, 1.54) is 0 Å². The lowest BCUT2D eigenvalue weighted by Crippen LogP contribution is -2.42. The van der Waals surface area contributed by atoms with Gasteiger partial charge in [0.2, 0.25) is 0 Å². The molecule has 20 heavy (non-hydrogen) atoms. The predicted octanol–water partition coefficient (Wildman–Crippen LogP) is 1.54. The number of nitrogens with one attached hydrogen (secondary N) is 1. The summed E-state index contributed by atoms with van der Waals surface area (Å²) in [7, 11) is 0. The molecule has 110 valence electrons. The summed E-state index contributed by atoms with van der Waals surface area (Å²) in [6.07, 6.45) is 0.678. The van der Waals surface area contributed by atoms with Crippen LogP contribution in [0.2, 0.25) is 0 Å². The first-order valence-corrected chi connectivity index (χ1v) is 6.17. The summed E-state index contributed by atoms with van der Waals surface area (Å²) >= 11 is 0. The van der Waals surface area contributed by atoms with E-state index in [4.69, 9.17) is 15.0 Å². The van der Waals surface area contributed by atoms with Gasteiger partial charge in [-0.3, -0.25) is 4.79 Å². The maximum absolute atomic E-state index is 11.2. The summed E-state index contributed by atoms with van der Waals surface area (Å²) in [5, 5.41) is 5.98. The molecule has 0 aromatic heterocycles. The second-order valence-corrected chi connectivity index (χ2v) is 4.34. The van der Waals surface area contributed by atoms with E-state index >= 15 is 0 Å². The summed E-state index contributed by atoms with van der Waals surface area (Å²) in [5.41, 5.74) is 7.51. The Hall–Kier alpha value is -2.12. The minimum Gasteiger partial charge on any atom is -0.463 e. The molecule has 0 unspecified atom stereocenters. The second kappa shape index (κ2) is 7.46. The number of amides is 2. The monoisotopic (exact) mass is 283 g/mol. The van der Waals surface area contributed by atoms with Crippen molar-refractivity contribution in [3.05, 3.63) is 10.4 Å². The molecule has 1 rings (SSSR count). The van der Waals surface area contributed by atoms with E-state index in [9.17, 15) is 9.59 Å². The van der Waals surface area contributed by atoms with Gasteiger partial charge in [-0.15, -0.1) is 0 Å². The van der Waals surface area contributed by atoms with Crippen LogP contribution in [0.15, 0.2) is 10.1 Å². The molecule has 0 saturated carbocycles. The Kier molecular flexibility index (Phi) is 5.95. The van der Waals surface area contributed by atoms with Crippen LogP contribution in [0.1, 0.15) is 26.2 Å². The fourth-order valence-electron chi connectivity index (χ4n) is 1.84. The molecular weight excluding hydrogens is 266 g/mol. The summed E-state index contributed by atoms with van der Waals surface area (Å²) in [6.45, 7) is 4.78. The van der Waals surface area contributed by atoms with Gasteiger partial charge in [0, 0.05) is 11.3 Å². The zero-order valence-corrected chi connectivity index (χ0v) is 11.2. The van der Waals surface area contributed by atoms with Crippen molar-refractivity contribution in [1.29, 1.82) is 0 Å². The molecule has 1 fully saturated rings. The van der Waals surface area contributed by atoms with E-state index in [0.29, 0.717) is 12.8 Å². The Labute approximate surface area is 116 Å². The van der Waals surface area contributed by atoms with E-state index < -0.39 is 17.9 Å². The van der Waals surface area contributed by atoms with Crippen LogP contribution < -0.4 is 5.32 Å². The predicted molar refractivity (Wildman–Crippen MR) is 70.2 cm³/mol. The number of hydrogen-bond acceptors (Lipinski definition) is 5. The Morgan fingerprint density at radius 2 is 2.40 bits per heavy atom. The van der Waals surface area contributed by atoms with Gasteiger partial charge in [0.05, 0.1) is 6.54 Å². The highest BCUT2D eigenvalue weighted by atomic mass is 16.6. The third-order valence-corrected chi connectivity index (χ3v) is 2.89. The molecule has 9 heteroatoms. The molecular formula is C11H17N5O4. The van der Waals surface area contributed by atoms with Crippen LogP contribution in [0.25, 0.3) is 10.4 Å². The van der Waals surface area contributed by atoms with Gasteiger partial charge >= 0.3 is 12.0 Å². The van der Waals surface area contributed by atoms with Crippen molar-refractivity contribution in [1.82, 2.24) is 5.32 Å². The van der Waals surface area contributed by atoms with Gasteiger partial charge in [-0.25, -0.2) is 9.79 Å². The van der Waals surface area contributed by atoms with Gasteiger partial charge < -0.3 is 14.8 Å². The van der Waals surface area contributed by atoms with E-state index in [0.717, 1.165) is 0 Å². The van der Waals surface area contributed by atoms with Crippen molar-refractivity contribution in [2.24, 2.45) is 10.1 Å². The fraction of sp³-hybridized carbons (Fsp3) is 0.727. The van der Waals surface area contributed by atoms with Gasteiger partial charge in [-0.1, -0.05) is 12.0 Å². The van der Waals surface area contributed by atoms with Crippen LogP contribution >= 0.6 is 0 Å². The largest absolute Gasteiger partial charge is 0.463 e. The number of carbonyl (C=O) groups excluding carboxylic acids is 2. The van der Waals surface area contributed by atoms with Gasteiger partial charge in [0.1, 0.15) is 18.4 Å². The van der Waals surface area contributed by atoms with Crippen molar-refractivity contribution >= 4 is 18.7 Å². The average Bonchev–Trinajstić information content (AvgIpc) is 2.86. The lowest BCUT2D eigenvalue weighted by molar-refractivity contribution is -0.154. The normalized spacial score (nSPS) is 24.6. The topological polar surface area (TPSA) is 126 Å². The molecule has 0 aliphatic carbocycles. The molecule has 0 radical (unpaired) electrons. The first kappa shape index (κ1) is 15.9. The number of rotatable bonds is 6. The smallest absolute Gasteiger partial charge is 0.342 e. The van der Waals surface area contributed by atoms with Crippen molar-refractivity contribution in [3.63, 3.8) is 0 Å². The quantitative estimate of drug-likeness (QED) is 0.261. The SMILES string of the molecule is C=NC(=O)N[C@H]1CC[C@@](CN=[N+]=[N-])(COC(=O)CC)O1. The van der Waals surface area contributed by atoms with Gasteiger partial charge in [-0.05, 0) is 25.1 Å². The first-order chi connectivity index (χ1) is 9.55. The molecule has 0 aromatic rings. The summed E-state index contributed by atoms with van der Waals surface area (Å²) in [6, 6.07) is -0.597. The standard InChI is InChI=1S/C11H17N5O4/c1-3-9(17)19-7-11(6-14-16-12)5-4-8(20-11)15-10(18)13-2/h8H,2-7H2,1H3,(H,15,18)/t8-,11-/m1/s1. The molecule has 0 bridgehead atoms. The lowest BCUT2D eigenvalue weighted by atomic mass is 10.0. The maximum atomic E-state index is 11.2. The molecule has 9 nitrogen and oxygen atoms in total. The van der Waals surface area contributed by atoms with Crippen LogP contribution in [0.4, 0.5) is 4.79 Å². The minimum absolute atomic E-state index is 0.0212. The van der Waals surface area contributed by atoms with Crippen molar-refractivity contribution in [3.8, 4) is 0 Å². The molecule has 2 amide bonds. The Balaban J connectivity index is 2.65. The van der Waals surface area contributed by atoms with Crippen LogP contribution in [0.3, 0.4) is 0 Å². The number of carbonyl (C=O) groups is 2. The van der Waals surface area contributed by atoms with Crippen molar-refractivity contribution in [2.75, 3.05) is 13.2 Å². The van der Waals surface area contributed by atoms with Gasteiger partial charge in [-0.2, -0.15) is 0 Å². The average molecular weight is 283 g/mol. The highest BCUT2D eigenvalue weighted by Crippen LogP contribution is 2.30. The molecule has 1 N–H and O–H groups in total. The molecule has 0 spiro atoms. The number of urea groups is 1. The van der Waals surface area contributed by atoms with Crippen LogP contribution in [-0.2, 0) is 14.3 Å². The third-order valence-electron chi connectivity index (χ3n) is 2.89. The summed E-state index contributed by atoms with van der Waals surface area (Å²) in [4.78, 5) is 28.2. The lowest BCUT2D eigenvalue weighted by Gasteiger charge is -2.27. The number of aliphatic imine (C=N–C) groups is 1. The number of esters is 1. The molecule has 1 aliphatic rings. The maximum Gasteiger partial charge on any atom is 0.342 e. The fourth-order valence-corrected chi connectivity index (χ4v) is 1.84. The number of ether oxygens (including phenoxy) is 2. The van der Waals surface area contributed by atoms with Crippen LogP contribution in [-0.4, -0.2) is 43.7 Å². The zero-order valence-electron chi connectivity index (χ0n) is 11.2. The van der Waals surface area contributed by atoms with Gasteiger partial charge in [0.15, 0.2) is 0 Å². The molecule has 0 aromatic carbocycles. The van der Waals surface area contributed by atoms with E-state index in [2.05, 4.69) is 27.1 Å². The van der Waals surface area contributed by atoms with Crippen molar-refractivity contribution < 1.29 is 19.1 Å². The third kappa shape index (κ3) is 4.52. The Morgan fingerprint density at radius 3 is 3.00 bits per heavy atom. The van der Waals surface area contributed by atoms with Crippen molar-refractivity contribution in [2.45, 2.75) is 38.0 Å². The number of azide groups is 1. The Morgan fingerprint density at radius 1 is 1.65 bits per heavy atom. The number of nitrogens with zero attached hydrogens (tertiary/aromatic N) is 4. The second-order valence-electron chi connectivity index (χ2n) is 4.34. The molecule has 1 saturated heterocycles. The highest BCUT2D eigenvalue weighted by Gasteiger charge is 2.41. The molecule has 1 aliphatic heterocycles. The highest BCUT2D eigenvalue weighted by molar-refractivity contribution is 5.78. The van der Waals surface area contributed by atoms with Crippen LogP contribution in [0, 0.1) is 0 Å².